The van der Waals surface area contributed by atoms with Gasteiger partial charge in [-0.1, -0.05) is 32.0 Å². The van der Waals surface area contributed by atoms with Gasteiger partial charge in [0.15, 0.2) is 0 Å². The van der Waals surface area contributed by atoms with Crippen LogP contribution in [0.15, 0.2) is 24.3 Å². The van der Waals surface area contributed by atoms with Crippen LogP contribution >= 0.6 is 16.1 Å². The second kappa shape index (κ2) is 3.33. The van der Waals surface area contributed by atoms with Gasteiger partial charge in [-0.25, -0.2) is 0 Å². The second-order valence-corrected chi connectivity index (χ2v) is 4.72. The summed E-state index contributed by atoms with van der Waals surface area (Å²) in [7, 11) is 0. The van der Waals surface area contributed by atoms with Gasteiger partial charge in [0.2, 0.25) is 0 Å². The predicted molar refractivity (Wildman–Crippen MR) is 60.2 cm³/mol. The van der Waals surface area contributed by atoms with E-state index in [-0.39, 0.29) is 0 Å². The Balaban J connectivity index is 2.32. The molecular weight excluding hydrogens is 226 g/mol. The van der Waals surface area contributed by atoms with Crippen LogP contribution < -0.4 is 3.93 Å². The van der Waals surface area contributed by atoms with Gasteiger partial charge in [-0.2, -0.15) is 0 Å². The van der Waals surface area contributed by atoms with Crippen molar-refractivity contribution in [1.29, 1.82) is 0 Å². The fraction of sp³-hybridized carbons (Fsp3) is 0.455. The molecule has 0 amide bonds. The Morgan fingerprint density at radius 3 is 2.69 bits per heavy atom. The fourth-order valence-corrected chi connectivity index (χ4v) is 2.84. The average Bonchev–Trinajstić information content (AvgIpc) is 2.45. The van der Waals surface area contributed by atoms with Gasteiger partial charge in [-0.3, -0.25) is 0 Å². The molecule has 1 aromatic rings. The lowest BCUT2D eigenvalue weighted by molar-refractivity contribution is 0.519. The lowest BCUT2D eigenvalue weighted by Crippen LogP contribution is -2.27. The molecule has 0 aliphatic carbocycles. The number of rotatable bonds is 1. The van der Waals surface area contributed by atoms with E-state index in [1.807, 2.05) is 0 Å². The molecule has 1 unspecified atom stereocenters. The molecule has 2 heteroatoms. The van der Waals surface area contributed by atoms with Gasteiger partial charge in [-0.15, -0.1) is 0 Å². The third-order valence-corrected chi connectivity index (χ3v) is 3.62. The Bertz CT molecular complexity index is 309. The molecule has 0 radical (unpaired) electrons. The number of hydrogen-bond donors (Lipinski definition) is 0. The van der Waals surface area contributed by atoms with Crippen molar-refractivity contribution in [2.45, 2.75) is 26.3 Å². The van der Waals surface area contributed by atoms with E-state index in [2.05, 4.69) is 58.2 Å². The Hall–Kier alpha value is -0.500. The summed E-state index contributed by atoms with van der Waals surface area (Å²) in [6, 6.07) is 9.20. The molecule has 0 spiro atoms. The maximum atomic E-state index is 3.64. The molecule has 1 aliphatic rings. The van der Waals surface area contributed by atoms with Gasteiger partial charge in [0.05, 0.1) is 5.69 Å². The van der Waals surface area contributed by atoms with Crippen LogP contribution in [-0.2, 0) is 6.42 Å². The highest BCUT2D eigenvalue weighted by Gasteiger charge is 2.29. The van der Waals surface area contributed by atoms with Crippen molar-refractivity contribution >= 4 is 21.8 Å². The van der Waals surface area contributed by atoms with Gasteiger partial charge in [0.1, 0.15) is 0 Å². The Kier molecular flexibility index (Phi) is 2.33. The summed E-state index contributed by atoms with van der Waals surface area (Å²) in [5, 5.41) is 0. The van der Waals surface area contributed by atoms with Gasteiger partial charge in [0.25, 0.3) is 0 Å². The quantitative estimate of drug-likeness (QED) is 0.680. The topological polar surface area (TPSA) is 3.24 Å². The van der Waals surface area contributed by atoms with E-state index in [4.69, 9.17) is 0 Å². The zero-order chi connectivity index (χ0) is 9.42. The van der Waals surface area contributed by atoms with E-state index in [1.54, 1.807) is 0 Å². The zero-order valence-corrected chi connectivity index (χ0v) is 9.58. The second-order valence-electron chi connectivity index (χ2n) is 3.96. The number of nitrogens with zero attached hydrogens (tertiary/aromatic N) is 1. The molecule has 0 fully saturated rings. The van der Waals surface area contributed by atoms with Crippen molar-refractivity contribution in [2.24, 2.45) is 5.92 Å². The maximum Gasteiger partial charge on any atom is 0.0507 e. The van der Waals surface area contributed by atoms with E-state index < -0.39 is 0 Å². The highest BCUT2D eigenvalue weighted by molar-refractivity contribution is 9.10. The Morgan fingerprint density at radius 1 is 1.38 bits per heavy atom. The van der Waals surface area contributed by atoms with Gasteiger partial charge in [-0.05, 0) is 24.0 Å². The SMILES string of the molecule is CC(C)C1Cc2ccccc2N1Br. The minimum atomic E-state index is 0.609. The third-order valence-electron chi connectivity index (χ3n) is 2.71. The Morgan fingerprint density at radius 2 is 2.08 bits per heavy atom. The van der Waals surface area contributed by atoms with Crippen LogP contribution in [0, 0.1) is 5.92 Å². The predicted octanol–water partition coefficient (Wildman–Crippen LogP) is 3.38. The molecule has 13 heavy (non-hydrogen) atoms. The molecule has 2 rings (SSSR count). The summed E-state index contributed by atoms with van der Waals surface area (Å²) in [6.45, 7) is 4.54. The van der Waals surface area contributed by atoms with Crippen LogP contribution in [0.1, 0.15) is 19.4 Å². The van der Waals surface area contributed by atoms with Crippen molar-refractivity contribution in [2.75, 3.05) is 3.93 Å². The molecule has 1 heterocycles. The molecule has 0 bridgehead atoms. The summed E-state index contributed by atoms with van der Waals surface area (Å²) in [5.41, 5.74) is 2.79. The first-order valence-electron chi connectivity index (χ1n) is 4.73. The largest absolute Gasteiger partial charge is 0.305 e. The standard InChI is InChI=1S/C11H14BrN/c1-8(2)11-7-9-5-3-4-6-10(9)13(11)12/h3-6,8,11H,7H2,1-2H3. The highest BCUT2D eigenvalue weighted by atomic mass is 79.9. The normalized spacial score (nSPS) is 20.9. The summed E-state index contributed by atoms with van der Waals surface area (Å²) < 4.78 is 2.23. The van der Waals surface area contributed by atoms with Crippen molar-refractivity contribution in [1.82, 2.24) is 0 Å². The van der Waals surface area contributed by atoms with E-state index in [9.17, 15) is 0 Å². The lowest BCUT2D eigenvalue weighted by atomic mass is 10.0. The minimum Gasteiger partial charge on any atom is -0.305 e. The number of halogens is 1. The molecule has 1 aliphatic heterocycles. The number of para-hydroxylation sites is 1. The smallest absolute Gasteiger partial charge is 0.0507 e. The van der Waals surface area contributed by atoms with Crippen LogP contribution in [0.3, 0.4) is 0 Å². The van der Waals surface area contributed by atoms with Crippen molar-refractivity contribution in [3.63, 3.8) is 0 Å². The maximum absolute atomic E-state index is 3.64. The van der Waals surface area contributed by atoms with Crippen LogP contribution in [-0.4, -0.2) is 6.04 Å². The first-order chi connectivity index (χ1) is 6.20. The van der Waals surface area contributed by atoms with Gasteiger partial charge in [0, 0.05) is 22.2 Å². The number of benzene rings is 1. The van der Waals surface area contributed by atoms with E-state index in [1.165, 1.54) is 17.7 Å². The molecule has 70 valence electrons. The molecule has 0 N–H and O–H groups in total. The zero-order valence-electron chi connectivity index (χ0n) is 8.00. The fourth-order valence-electron chi connectivity index (χ4n) is 1.87. The number of hydrogen-bond acceptors (Lipinski definition) is 1. The van der Waals surface area contributed by atoms with Crippen molar-refractivity contribution < 1.29 is 0 Å². The molecule has 1 atom stereocenters. The summed E-state index contributed by atoms with van der Waals surface area (Å²) in [5.74, 6) is 0.687. The van der Waals surface area contributed by atoms with E-state index in [0.29, 0.717) is 12.0 Å². The third kappa shape index (κ3) is 1.48. The molecule has 0 aromatic heterocycles. The molecular formula is C11H14BrN. The summed E-state index contributed by atoms with van der Waals surface area (Å²) >= 11 is 3.64. The molecule has 0 saturated heterocycles. The number of anilines is 1. The van der Waals surface area contributed by atoms with Gasteiger partial charge >= 0.3 is 0 Å². The van der Waals surface area contributed by atoms with Crippen molar-refractivity contribution in [3.8, 4) is 0 Å². The van der Waals surface area contributed by atoms with E-state index in [0.717, 1.165) is 0 Å². The highest BCUT2D eigenvalue weighted by Crippen LogP contribution is 2.36. The first kappa shape index (κ1) is 9.07. The van der Waals surface area contributed by atoms with Crippen LogP contribution in [0.2, 0.25) is 0 Å². The van der Waals surface area contributed by atoms with Crippen molar-refractivity contribution in [3.05, 3.63) is 29.8 Å². The summed E-state index contributed by atoms with van der Waals surface area (Å²) in [6.07, 6.45) is 1.17. The van der Waals surface area contributed by atoms with Gasteiger partial charge < -0.3 is 3.93 Å². The molecule has 0 saturated carbocycles. The van der Waals surface area contributed by atoms with Crippen LogP contribution in [0.25, 0.3) is 0 Å². The lowest BCUT2D eigenvalue weighted by Gasteiger charge is -2.23. The molecule has 1 aromatic carbocycles. The minimum absolute atomic E-state index is 0.609. The summed E-state index contributed by atoms with van der Waals surface area (Å²) in [4.78, 5) is 0. The number of fused-ring (bicyclic) bond motifs is 1. The van der Waals surface area contributed by atoms with Crippen LogP contribution in [0.5, 0.6) is 0 Å². The Labute approximate surface area is 88.1 Å². The average molecular weight is 240 g/mol. The van der Waals surface area contributed by atoms with E-state index >= 15 is 0 Å². The van der Waals surface area contributed by atoms with Crippen LogP contribution in [0.4, 0.5) is 5.69 Å². The molecule has 1 nitrogen and oxygen atoms in total. The monoisotopic (exact) mass is 239 g/mol. The first-order valence-corrected chi connectivity index (χ1v) is 5.44.